The molecule has 12 heteroatoms. The lowest BCUT2D eigenvalue weighted by Gasteiger charge is -2.12. The summed E-state index contributed by atoms with van der Waals surface area (Å²) in [6, 6.07) is 11.2. The van der Waals surface area contributed by atoms with E-state index in [0.29, 0.717) is 5.75 Å². The van der Waals surface area contributed by atoms with E-state index in [4.69, 9.17) is 4.74 Å². The number of alkyl halides is 3. The number of aromatic nitrogens is 3. The van der Waals surface area contributed by atoms with E-state index in [-0.39, 0.29) is 17.4 Å². The second-order valence-corrected chi connectivity index (χ2v) is 9.25. The van der Waals surface area contributed by atoms with E-state index >= 15 is 0 Å². The molecule has 0 unspecified atom stereocenters. The zero-order chi connectivity index (χ0) is 25.8. The van der Waals surface area contributed by atoms with Crippen LogP contribution in [0.4, 0.5) is 34.5 Å². The van der Waals surface area contributed by atoms with Crippen molar-refractivity contribution in [1.29, 1.82) is 0 Å². The molecule has 1 aliphatic heterocycles. The highest BCUT2D eigenvalue weighted by Crippen LogP contribution is 2.34. The first-order valence-corrected chi connectivity index (χ1v) is 12.2. The summed E-state index contributed by atoms with van der Waals surface area (Å²) in [5.41, 5.74) is 0.415. The van der Waals surface area contributed by atoms with Gasteiger partial charge in [0.1, 0.15) is 5.75 Å². The summed E-state index contributed by atoms with van der Waals surface area (Å²) in [6.45, 7) is 2.10. The number of urea groups is 1. The average Bonchev–Trinajstić information content (AvgIpc) is 3.58. The molecule has 8 nitrogen and oxygen atoms in total. The van der Waals surface area contributed by atoms with Crippen LogP contribution in [0.15, 0.2) is 67.1 Å². The largest absolute Gasteiger partial charge is 0.424 e. The van der Waals surface area contributed by atoms with Gasteiger partial charge in [-0.15, -0.1) is 0 Å². The number of thiazole rings is 1. The molecule has 1 saturated heterocycles. The second kappa shape index (κ2) is 10.4. The number of hydrogen-bond donors (Lipinski definition) is 2. The van der Waals surface area contributed by atoms with Crippen LogP contribution < -0.4 is 20.3 Å². The Kier molecular flexibility index (Phi) is 6.91. The quantitative estimate of drug-likeness (QED) is 0.292. The Morgan fingerprint density at radius 3 is 2.32 bits per heavy atom. The van der Waals surface area contributed by atoms with Gasteiger partial charge in [-0.25, -0.2) is 19.7 Å². The van der Waals surface area contributed by atoms with Crippen molar-refractivity contribution < 1.29 is 22.7 Å². The summed E-state index contributed by atoms with van der Waals surface area (Å²) in [7, 11) is 0. The summed E-state index contributed by atoms with van der Waals surface area (Å²) in [4.78, 5) is 28.2. The molecule has 2 aromatic heterocycles. The molecule has 2 amide bonds. The summed E-state index contributed by atoms with van der Waals surface area (Å²) in [6.07, 6.45) is 2.45. The van der Waals surface area contributed by atoms with Crippen molar-refractivity contribution >= 4 is 33.9 Å². The fraction of sp³-hybridized carbons (Fsp3) is 0.200. The first kappa shape index (κ1) is 24.5. The van der Waals surface area contributed by atoms with Crippen LogP contribution in [-0.2, 0) is 6.18 Å². The Bertz CT molecular complexity index is 1370. The Labute approximate surface area is 214 Å². The van der Waals surface area contributed by atoms with E-state index in [9.17, 15) is 18.0 Å². The van der Waals surface area contributed by atoms with Crippen LogP contribution in [0.25, 0.3) is 10.4 Å². The van der Waals surface area contributed by atoms with Gasteiger partial charge in [0.05, 0.1) is 28.5 Å². The van der Waals surface area contributed by atoms with Crippen LogP contribution in [0.1, 0.15) is 18.4 Å². The standard InChI is InChI=1S/C25H21F3N6O2S/c26-25(27,28)17-4-3-5-18(12-17)32-22(35)33-19-13-29-23(30-14-19)36-20-8-6-16(7-9-20)21-15-31-24(37-21)34-10-1-2-11-34/h3-9,12-15H,1-2,10-11H2,(H2,32,33,35). The maximum absolute atomic E-state index is 12.8. The number of hydrogen-bond acceptors (Lipinski definition) is 7. The van der Waals surface area contributed by atoms with E-state index in [1.165, 1.54) is 37.4 Å². The maximum Gasteiger partial charge on any atom is 0.416 e. The number of nitrogens with one attached hydrogen (secondary N) is 2. The summed E-state index contributed by atoms with van der Waals surface area (Å²) in [5, 5.41) is 5.86. The molecule has 3 heterocycles. The highest BCUT2D eigenvalue weighted by Gasteiger charge is 2.30. The minimum Gasteiger partial charge on any atom is -0.424 e. The van der Waals surface area contributed by atoms with E-state index in [1.807, 2.05) is 30.5 Å². The number of ether oxygens (including phenoxy) is 1. The van der Waals surface area contributed by atoms with Gasteiger partial charge in [0.15, 0.2) is 5.13 Å². The summed E-state index contributed by atoms with van der Waals surface area (Å²) >= 11 is 1.66. The van der Waals surface area contributed by atoms with E-state index in [0.717, 1.165) is 40.8 Å². The van der Waals surface area contributed by atoms with Crippen LogP contribution in [-0.4, -0.2) is 34.1 Å². The highest BCUT2D eigenvalue weighted by molar-refractivity contribution is 7.18. The molecule has 1 aliphatic rings. The molecular formula is C25H21F3N6O2S. The molecule has 0 radical (unpaired) electrons. The van der Waals surface area contributed by atoms with Gasteiger partial charge >= 0.3 is 18.2 Å². The van der Waals surface area contributed by atoms with Crippen molar-refractivity contribution in [3.8, 4) is 22.2 Å². The third-order valence-electron chi connectivity index (χ3n) is 5.55. The SMILES string of the molecule is O=C(Nc1cnc(Oc2ccc(-c3cnc(N4CCCC4)s3)cc2)nc1)Nc1cccc(C(F)(F)F)c1. The smallest absolute Gasteiger partial charge is 0.416 e. The maximum atomic E-state index is 12.8. The molecule has 0 atom stereocenters. The molecule has 0 saturated carbocycles. The topological polar surface area (TPSA) is 92.3 Å². The molecule has 0 aliphatic carbocycles. The molecule has 4 aromatic rings. The Balaban J connectivity index is 1.16. The van der Waals surface area contributed by atoms with Gasteiger partial charge in [0.25, 0.3) is 0 Å². The lowest BCUT2D eigenvalue weighted by atomic mass is 10.2. The molecule has 190 valence electrons. The molecule has 1 fully saturated rings. The third kappa shape index (κ3) is 6.15. The number of nitrogens with zero attached hydrogens (tertiary/aromatic N) is 4. The van der Waals surface area contributed by atoms with Crippen molar-refractivity contribution in [3.05, 3.63) is 72.7 Å². The highest BCUT2D eigenvalue weighted by atomic mass is 32.1. The lowest BCUT2D eigenvalue weighted by Crippen LogP contribution is -2.20. The first-order valence-electron chi connectivity index (χ1n) is 11.4. The summed E-state index contributed by atoms with van der Waals surface area (Å²) < 4.78 is 44.2. The van der Waals surface area contributed by atoms with Crippen molar-refractivity contribution in [2.24, 2.45) is 0 Å². The molecule has 5 rings (SSSR count). The number of carbonyl (C=O) groups is 1. The third-order valence-corrected chi connectivity index (χ3v) is 6.66. The number of rotatable bonds is 6. The van der Waals surface area contributed by atoms with Crippen LogP contribution in [0.5, 0.6) is 11.8 Å². The number of benzene rings is 2. The number of amides is 2. The van der Waals surface area contributed by atoms with Gasteiger partial charge in [-0.2, -0.15) is 13.2 Å². The van der Waals surface area contributed by atoms with Crippen LogP contribution in [0, 0.1) is 0 Å². The molecule has 0 spiro atoms. The van der Waals surface area contributed by atoms with Gasteiger partial charge in [-0.3, -0.25) is 0 Å². The van der Waals surface area contributed by atoms with Crippen molar-refractivity contribution in [2.45, 2.75) is 19.0 Å². The minimum atomic E-state index is -4.50. The fourth-order valence-corrected chi connectivity index (χ4v) is 4.72. The number of anilines is 3. The van der Waals surface area contributed by atoms with Crippen molar-refractivity contribution in [1.82, 2.24) is 15.0 Å². The second-order valence-electron chi connectivity index (χ2n) is 8.24. The molecule has 0 bridgehead atoms. The molecule has 37 heavy (non-hydrogen) atoms. The first-order chi connectivity index (χ1) is 17.8. The molecule has 2 N–H and O–H groups in total. The fourth-order valence-electron chi connectivity index (χ4n) is 3.75. The van der Waals surface area contributed by atoms with E-state index in [2.05, 4.69) is 30.5 Å². The predicted molar refractivity (Wildman–Crippen MR) is 135 cm³/mol. The minimum absolute atomic E-state index is 0.00208. The van der Waals surface area contributed by atoms with E-state index < -0.39 is 17.8 Å². The monoisotopic (exact) mass is 526 g/mol. The van der Waals surface area contributed by atoms with Crippen LogP contribution >= 0.6 is 11.3 Å². The Morgan fingerprint density at radius 2 is 1.62 bits per heavy atom. The number of halogens is 3. The Hall–Kier alpha value is -4.19. The summed E-state index contributed by atoms with van der Waals surface area (Å²) in [5.74, 6) is 0.538. The molecule has 2 aromatic carbocycles. The average molecular weight is 527 g/mol. The number of carbonyl (C=O) groups excluding carboxylic acids is 1. The predicted octanol–water partition coefficient (Wildman–Crippen LogP) is 6.66. The van der Waals surface area contributed by atoms with Crippen LogP contribution in [0.2, 0.25) is 0 Å². The van der Waals surface area contributed by atoms with Gasteiger partial charge in [0, 0.05) is 25.0 Å². The lowest BCUT2D eigenvalue weighted by molar-refractivity contribution is -0.137. The normalized spacial score (nSPS) is 13.4. The van der Waals surface area contributed by atoms with E-state index in [1.54, 1.807) is 11.3 Å². The molecular weight excluding hydrogens is 505 g/mol. The van der Waals surface area contributed by atoms with Crippen molar-refractivity contribution in [2.75, 3.05) is 28.6 Å². The Morgan fingerprint density at radius 1 is 0.919 bits per heavy atom. The zero-order valence-corrected chi connectivity index (χ0v) is 20.1. The van der Waals surface area contributed by atoms with Crippen molar-refractivity contribution in [3.63, 3.8) is 0 Å². The van der Waals surface area contributed by atoms with Gasteiger partial charge in [-0.05, 0) is 60.9 Å². The van der Waals surface area contributed by atoms with Gasteiger partial charge in [0.2, 0.25) is 0 Å². The zero-order valence-electron chi connectivity index (χ0n) is 19.3. The van der Waals surface area contributed by atoms with Crippen LogP contribution in [0.3, 0.4) is 0 Å². The van der Waals surface area contributed by atoms with Gasteiger partial charge in [-0.1, -0.05) is 17.4 Å². The van der Waals surface area contributed by atoms with Gasteiger partial charge < -0.3 is 20.3 Å².